The molecule has 1 atom stereocenters. The Hall–Kier alpha value is -1.87. The summed E-state index contributed by atoms with van der Waals surface area (Å²) in [5.41, 5.74) is 1.83. The van der Waals surface area contributed by atoms with Gasteiger partial charge in [0, 0.05) is 18.9 Å². The molecular weight excluding hydrogens is 200 g/mol. The second kappa shape index (κ2) is 5.28. The molecule has 0 bridgehead atoms. The van der Waals surface area contributed by atoms with Gasteiger partial charge in [0.25, 0.3) is 0 Å². The number of pyridine rings is 1. The Morgan fingerprint density at radius 2 is 1.94 bits per heavy atom. The first kappa shape index (κ1) is 10.6. The number of benzene rings is 1. The van der Waals surface area contributed by atoms with E-state index in [2.05, 4.69) is 10.3 Å². The first-order valence-corrected chi connectivity index (χ1v) is 5.23. The number of rotatable bonds is 4. The van der Waals surface area contributed by atoms with Crippen LogP contribution in [0.2, 0.25) is 0 Å². The fourth-order valence-corrected chi connectivity index (χ4v) is 1.47. The van der Waals surface area contributed by atoms with E-state index in [1.54, 1.807) is 12.4 Å². The van der Waals surface area contributed by atoms with Crippen LogP contribution in [-0.4, -0.2) is 16.6 Å². The van der Waals surface area contributed by atoms with Crippen LogP contribution >= 0.6 is 0 Å². The summed E-state index contributed by atoms with van der Waals surface area (Å²) in [5, 5.41) is 13.0. The molecule has 82 valence electrons. The predicted molar refractivity (Wildman–Crippen MR) is 64.1 cm³/mol. The minimum atomic E-state index is -0.499. The molecule has 1 aromatic heterocycles. The molecule has 2 aromatic rings. The van der Waals surface area contributed by atoms with Gasteiger partial charge in [-0.15, -0.1) is 0 Å². The quantitative estimate of drug-likeness (QED) is 0.820. The van der Waals surface area contributed by atoms with Gasteiger partial charge in [0.05, 0.1) is 11.8 Å². The van der Waals surface area contributed by atoms with Crippen LogP contribution in [-0.2, 0) is 0 Å². The Kier molecular flexibility index (Phi) is 3.51. The second-order valence-electron chi connectivity index (χ2n) is 3.55. The Balaban J connectivity index is 1.92. The number of aliphatic hydroxyl groups is 1. The van der Waals surface area contributed by atoms with Gasteiger partial charge in [-0.3, -0.25) is 4.98 Å². The average molecular weight is 214 g/mol. The molecule has 0 saturated carbocycles. The maximum atomic E-state index is 9.90. The lowest BCUT2D eigenvalue weighted by molar-refractivity contribution is 0.191. The second-order valence-corrected chi connectivity index (χ2v) is 3.55. The number of hydrogen-bond acceptors (Lipinski definition) is 3. The third kappa shape index (κ3) is 2.81. The Labute approximate surface area is 94.8 Å². The molecule has 0 aliphatic heterocycles. The van der Waals surface area contributed by atoms with E-state index >= 15 is 0 Å². The number of hydrogen-bond donors (Lipinski definition) is 2. The van der Waals surface area contributed by atoms with Crippen molar-refractivity contribution in [3.8, 4) is 0 Å². The van der Waals surface area contributed by atoms with Gasteiger partial charge in [-0.05, 0) is 17.7 Å². The number of anilines is 1. The summed E-state index contributed by atoms with van der Waals surface area (Å²) < 4.78 is 0. The van der Waals surface area contributed by atoms with Crippen molar-refractivity contribution in [1.29, 1.82) is 0 Å². The molecule has 2 rings (SSSR count). The molecule has 0 aliphatic carbocycles. The lowest BCUT2D eigenvalue weighted by Gasteiger charge is -2.12. The van der Waals surface area contributed by atoms with Crippen LogP contribution in [0.4, 0.5) is 5.69 Å². The van der Waals surface area contributed by atoms with Gasteiger partial charge in [0.2, 0.25) is 0 Å². The molecule has 0 saturated heterocycles. The third-order valence-electron chi connectivity index (χ3n) is 2.35. The van der Waals surface area contributed by atoms with Gasteiger partial charge in [0.15, 0.2) is 0 Å². The zero-order valence-electron chi connectivity index (χ0n) is 8.88. The van der Waals surface area contributed by atoms with Gasteiger partial charge in [-0.2, -0.15) is 0 Å². The smallest absolute Gasteiger partial charge is 0.0962 e. The summed E-state index contributed by atoms with van der Waals surface area (Å²) in [6.45, 7) is 0.482. The highest BCUT2D eigenvalue weighted by atomic mass is 16.3. The van der Waals surface area contributed by atoms with Crippen molar-refractivity contribution < 1.29 is 5.11 Å². The van der Waals surface area contributed by atoms with E-state index in [0.717, 1.165) is 11.3 Å². The molecule has 0 amide bonds. The Morgan fingerprint density at radius 1 is 1.12 bits per heavy atom. The van der Waals surface area contributed by atoms with Gasteiger partial charge >= 0.3 is 0 Å². The summed E-state index contributed by atoms with van der Waals surface area (Å²) >= 11 is 0. The van der Waals surface area contributed by atoms with Crippen molar-refractivity contribution in [2.45, 2.75) is 6.10 Å². The molecule has 1 heterocycles. The molecule has 0 spiro atoms. The summed E-state index contributed by atoms with van der Waals surface area (Å²) in [7, 11) is 0. The lowest BCUT2D eigenvalue weighted by Crippen LogP contribution is -2.11. The normalized spacial score (nSPS) is 12.1. The van der Waals surface area contributed by atoms with Crippen LogP contribution < -0.4 is 5.32 Å². The zero-order chi connectivity index (χ0) is 11.2. The zero-order valence-corrected chi connectivity index (χ0v) is 8.88. The van der Waals surface area contributed by atoms with Crippen LogP contribution in [0.5, 0.6) is 0 Å². The largest absolute Gasteiger partial charge is 0.387 e. The summed E-state index contributed by atoms with van der Waals surface area (Å²) in [6, 6.07) is 13.4. The van der Waals surface area contributed by atoms with Crippen molar-refractivity contribution in [2.24, 2.45) is 0 Å². The van der Waals surface area contributed by atoms with Gasteiger partial charge < -0.3 is 10.4 Å². The van der Waals surface area contributed by atoms with Crippen LogP contribution in [0.25, 0.3) is 0 Å². The van der Waals surface area contributed by atoms with Crippen molar-refractivity contribution in [2.75, 3.05) is 11.9 Å². The molecular formula is C13H14N2O. The predicted octanol–water partition coefficient (Wildman–Crippen LogP) is 2.23. The standard InChI is InChI=1S/C13H14N2O/c16-13(11-5-2-1-3-6-11)10-15-12-7-4-8-14-9-12/h1-9,13,15-16H,10H2/t13-/m1/s1. The highest BCUT2D eigenvalue weighted by molar-refractivity contribution is 5.40. The number of nitrogens with one attached hydrogen (secondary N) is 1. The Morgan fingerprint density at radius 3 is 2.62 bits per heavy atom. The number of aliphatic hydroxyl groups excluding tert-OH is 1. The van der Waals surface area contributed by atoms with Crippen molar-refractivity contribution in [1.82, 2.24) is 4.98 Å². The van der Waals surface area contributed by atoms with Crippen LogP contribution in [0.15, 0.2) is 54.9 Å². The Bertz CT molecular complexity index is 416. The van der Waals surface area contributed by atoms with Gasteiger partial charge in [0.1, 0.15) is 0 Å². The molecule has 3 heteroatoms. The van der Waals surface area contributed by atoms with E-state index in [-0.39, 0.29) is 0 Å². The molecule has 0 radical (unpaired) electrons. The third-order valence-corrected chi connectivity index (χ3v) is 2.35. The average Bonchev–Trinajstić information content (AvgIpc) is 2.38. The van der Waals surface area contributed by atoms with Crippen LogP contribution in [0.1, 0.15) is 11.7 Å². The molecule has 0 fully saturated rings. The fraction of sp³-hybridized carbons (Fsp3) is 0.154. The highest BCUT2D eigenvalue weighted by Gasteiger charge is 2.05. The summed E-state index contributed by atoms with van der Waals surface area (Å²) in [4.78, 5) is 3.99. The van der Waals surface area contributed by atoms with Crippen molar-refractivity contribution in [3.05, 3.63) is 60.4 Å². The van der Waals surface area contributed by atoms with Gasteiger partial charge in [-0.1, -0.05) is 30.3 Å². The van der Waals surface area contributed by atoms with E-state index in [1.165, 1.54) is 0 Å². The first-order chi connectivity index (χ1) is 7.86. The molecule has 1 aromatic carbocycles. The lowest BCUT2D eigenvalue weighted by atomic mass is 10.1. The fourth-order valence-electron chi connectivity index (χ4n) is 1.47. The van der Waals surface area contributed by atoms with E-state index < -0.39 is 6.10 Å². The van der Waals surface area contributed by atoms with Crippen LogP contribution in [0, 0.1) is 0 Å². The maximum absolute atomic E-state index is 9.90. The number of nitrogens with zero attached hydrogens (tertiary/aromatic N) is 1. The van der Waals surface area contributed by atoms with E-state index in [9.17, 15) is 5.11 Å². The molecule has 3 nitrogen and oxygen atoms in total. The highest BCUT2D eigenvalue weighted by Crippen LogP contribution is 2.13. The SMILES string of the molecule is O[C@H](CNc1cccnc1)c1ccccc1. The van der Waals surface area contributed by atoms with E-state index in [1.807, 2.05) is 42.5 Å². The van der Waals surface area contributed by atoms with Gasteiger partial charge in [-0.25, -0.2) is 0 Å². The van der Waals surface area contributed by atoms with E-state index in [0.29, 0.717) is 6.54 Å². The monoisotopic (exact) mass is 214 g/mol. The minimum Gasteiger partial charge on any atom is -0.387 e. The minimum absolute atomic E-state index is 0.482. The molecule has 2 N–H and O–H groups in total. The van der Waals surface area contributed by atoms with Crippen molar-refractivity contribution >= 4 is 5.69 Å². The molecule has 0 unspecified atom stereocenters. The first-order valence-electron chi connectivity index (χ1n) is 5.23. The van der Waals surface area contributed by atoms with Crippen molar-refractivity contribution in [3.63, 3.8) is 0 Å². The molecule has 16 heavy (non-hydrogen) atoms. The topological polar surface area (TPSA) is 45.1 Å². The molecule has 0 aliphatic rings. The summed E-state index contributed by atoms with van der Waals surface area (Å²) in [6.07, 6.45) is 2.96. The van der Waals surface area contributed by atoms with E-state index in [4.69, 9.17) is 0 Å². The number of aromatic nitrogens is 1. The van der Waals surface area contributed by atoms with Crippen LogP contribution in [0.3, 0.4) is 0 Å². The maximum Gasteiger partial charge on any atom is 0.0962 e. The summed E-state index contributed by atoms with van der Waals surface area (Å²) in [5.74, 6) is 0.